The number of rotatable bonds is 4. The third kappa shape index (κ3) is 2.28. The molecule has 0 atom stereocenters. The summed E-state index contributed by atoms with van der Waals surface area (Å²) >= 11 is 0. The van der Waals surface area contributed by atoms with Gasteiger partial charge in [-0.3, -0.25) is 4.79 Å². The minimum atomic E-state index is 0.495. The summed E-state index contributed by atoms with van der Waals surface area (Å²) in [6.45, 7) is 8.90. The topological polar surface area (TPSA) is 20.3 Å². The number of nitrogens with zero attached hydrogens (tertiary/aromatic N) is 1. The number of piperidine rings is 1. The Morgan fingerprint density at radius 3 is 2.14 bits per heavy atom. The largest absolute Gasteiger partial charge is 0.345 e. The summed E-state index contributed by atoms with van der Waals surface area (Å²) in [6, 6.07) is 0. The number of carbonyl (C=O) groups excluding carboxylic acids is 1. The van der Waals surface area contributed by atoms with Gasteiger partial charge in [-0.2, -0.15) is 0 Å². The molecule has 2 heteroatoms. The predicted molar refractivity (Wildman–Crippen MR) is 59.1 cm³/mol. The molecule has 0 aromatic carbocycles. The van der Waals surface area contributed by atoms with E-state index in [2.05, 4.69) is 20.8 Å². The van der Waals surface area contributed by atoms with Gasteiger partial charge in [-0.25, -0.2) is 0 Å². The molecule has 0 aliphatic carbocycles. The molecular formula is C12H23NO. The lowest BCUT2D eigenvalue weighted by Gasteiger charge is -2.41. The van der Waals surface area contributed by atoms with Crippen LogP contribution < -0.4 is 0 Å². The zero-order chi connectivity index (χ0) is 10.6. The molecule has 1 heterocycles. The van der Waals surface area contributed by atoms with E-state index in [9.17, 15) is 4.79 Å². The van der Waals surface area contributed by atoms with Crippen LogP contribution in [0.5, 0.6) is 0 Å². The Morgan fingerprint density at radius 2 is 1.79 bits per heavy atom. The lowest BCUT2D eigenvalue weighted by molar-refractivity contribution is -0.120. The van der Waals surface area contributed by atoms with Crippen LogP contribution in [0.2, 0.25) is 0 Å². The molecule has 0 radical (unpaired) electrons. The van der Waals surface area contributed by atoms with Crippen molar-refractivity contribution in [3.05, 3.63) is 0 Å². The van der Waals surface area contributed by atoms with E-state index >= 15 is 0 Å². The minimum absolute atomic E-state index is 0.495. The Bertz CT molecular complexity index is 179. The van der Waals surface area contributed by atoms with E-state index in [4.69, 9.17) is 0 Å². The standard InChI is InChI=1S/C12H23NO/c1-4-12(3,5-2)11-6-8-13(10-14)9-7-11/h10-11H,4-9H2,1-3H3. The predicted octanol–water partition coefficient (Wildman–Crippen LogP) is 2.68. The Morgan fingerprint density at radius 1 is 1.29 bits per heavy atom. The van der Waals surface area contributed by atoms with Crippen LogP contribution in [0.1, 0.15) is 46.5 Å². The average Bonchev–Trinajstić information content (AvgIpc) is 2.28. The maximum atomic E-state index is 10.6. The molecule has 0 aromatic heterocycles. The van der Waals surface area contributed by atoms with Gasteiger partial charge < -0.3 is 4.90 Å². The first-order valence-corrected chi connectivity index (χ1v) is 5.85. The summed E-state index contributed by atoms with van der Waals surface area (Å²) in [5.74, 6) is 0.814. The molecule has 0 aromatic rings. The van der Waals surface area contributed by atoms with Crippen LogP contribution in [-0.4, -0.2) is 24.4 Å². The van der Waals surface area contributed by atoms with Crippen molar-refractivity contribution in [2.45, 2.75) is 46.5 Å². The molecule has 0 N–H and O–H groups in total. The lowest BCUT2D eigenvalue weighted by atomic mass is 9.69. The highest BCUT2D eigenvalue weighted by atomic mass is 16.1. The highest BCUT2D eigenvalue weighted by Gasteiger charge is 2.32. The average molecular weight is 197 g/mol. The third-order valence-corrected chi connectivity index (χ3v) is 4.28. The Kier molecular flexibility index (Phi) is 3.97. The fourth-order valence-corrected chi connectivity index (χ4v) is 2.53. The van der Waals surface area contributed by atoms with Crippen LogP contribution in [0.25, 0.3) is 0 Å². The van der Waals surface area contributed by atoms with Crippen molar-refractivity contribution in [1.82, 2.24) is 4.90 Å². The zero-order valence-corrected chi connectivity index (χ0v) is 9.75. The summed E-state index contributed by atoms with van der Waals surface area (Å²) in [5.41, 5.74) is 0.495. The van der Waals surface area contributed by atoms with E-state index in [1.54, 1.807) is 0 Å². The van der Waals surface area contributed by atoms with Gasteiger partial charge in [0.2, 0.25) is 6.41 Å². The quantitative estimate of drug-likeness (QED) is 0.634. The van der Waals surface area contributed by atoms with Gasteiger partial charge in [-0.1, -0.05) is 33.6 Å². The highest BCUT2D eigenvalue weighted by molar-refractivity contribution is 5.47. The van der Waals surface area contributed by atoms with Crippen molar-refractivity contribution in [1.29, 1.82) is 0 Å². The van der Waals surface area contributed by atoms with Crippen LogP contribution in [-0.2, 0) is 4.79 Å². The molecule has 1 aliphatic heterocycles. The SMILES string of the molecule is CCC(C)(CC)C1CCN(C=O)CC1. The zero-order valence-electron chi connectivity index (χ0n) is 9.75. The van der Waals surface area contributed by atoms with Crippen LogP contribution in [0, 0.1) is 11.3 Å². The van der Waals surface area contributed by atoms with Crippen molar-refractivity contribution in [2.24, 2.45) is 11.3 Å². The fourth-order valence-electron chi connectivity index (χ4n) is 2.53. The molecule has 0 unspecified atom stereocenters. The molecule has 1 aliphatic rings. The summed E-state index contributed by atoms with van der Waals surface area (Å²) in [7, 11) is 0. The van der Waals surface area contributed by atoms with Crippen LogP contribution in [0.3, 0.4) is 0 Å². The second-order valence-electron chi connectivity index (χ2n) is 4.78. The first kappa shape index (κ1) is 11.5. The highest BCUT2D eigenvalue weighted by Crippen LogP contribution is 2.40. The number of likely N-dealkylation sites (tertiary alicyclic amines) is 1. The second kappa shape index (κ2) is 4.81. The maximum Gasteiger partial charge on any atom is 0.209 e. The molecule has 14 heavy (non-hydrogen) atoms. The molecule has 1 rings (SSSR count). The van der Waals surface area contributed by atoms with Gasteiger partial charge in [0.25, 0.3) is 0 Å². The van der Waals surface area contributed by atoms with Gasteiger partial charge in [0, 0.05) is 13.1 Å². The molecule has 1 saturated heterocycles. The molecule has 1 fully saturated rings. The molecule has 2 nitrogen and oxygen atoms in total. The van der Waals surface area contributed by atoms with E-state index in [-0.39, 0.29) is 0 Å². The van der Waals surface area contributed by atoms with Gasteiger partial charge in [0.1, 0.15) is 0 Å². The van der Waals surface area contributed by atoms with Gasteiger partial charge >= 0.3 is 0 Å². The van der Waals surface area contributed by atoms with Crippen LogP contribution in [0.4, 0.5) is 0 Å². The van der Waals surface area contributed by atoms with Crippen LogP contribution >= 0.6 is 0 Å². The Labute approximate surface area is 87.7 Å². The van der Waals surface area contributed by atoms with Gasteiger partial charge in [0.15, 0.2) is 0 Å². The van der Waals surface area contributed by atoms with E-state index < -0.39 is 0 Å². The molecule has 0 spiro atoms. The van der Waals surface area contributed by atoms with Crippen LogP contribution in [0.15, 0.2) is 0 Å². The lowest BCUT2D eigenvalue weighted by Crippen LogP contribution is -2.38. The number of amides is 1. The third-order valence-electron chi connectivity index (χ3n) is 4.28. The summed E-state index contributed by atoms with van der Waals surface area (Å²) in [4.78, 5) is 12.5. The fraction of sp³-hybridized carbons (Fsp3) is 0.917. The molecular weight excluding hydrogens is 174 g/mol. The van der Waals surface area contributed by atoms with E-state index in [1.807, 2.05) is 4.90 Å². The van der Waals surface area contributed by atoms with Crippen molar-refractivity contribution in [3.8, 4) is 0 Å². The number of hydrogen-bond acceptors (Lipinski definition) is 1. The van der Waals surface area contributed by atoms with Gasteiger partial charge in [0.05, 0.1) is 0 Å². The summed E-state index contributed by atoms with van der Waals surface area (Å²) in [5, 5.41) is 0. The molecule has 1 amide bonds. The van der Waals surface area contributed by atoms with Crippen molar-refractivity contribution < 1.29 is 4.79 Å². The van der Waals surface area contributed by atoms with E-state index in [0.717, 1.165) is 25.4 Å². The summed E-state index contributed by atoms with van der Waals surface area (Å²) in [6.07, 6.45) is 5.89. The van der Waals surface area contributed by atoms with Crippen molar-refractivity contribution in [2.75, 3.05) is 13.1 Å². The summed E-state index contributed by atoms with van der Waals surface area (Å²) < 4.78 is 0. The smallest absolute Gasteiger partial charge is 0.209 e. The van der Waals surface area contributed by atoms with Gasteiger partial charge in [-0.05, 0) is 24.2 Å². The maximum absolute atomic E-state index is 10.6. The molecule has 0 bridgehead atoms. The Balaban J connectivity index is 2.51. The monoisotopic (exact) mass is 197 g/mol. The second-order valence-corrected chi connectivity index (χ2v) is 4.78. The minimum Gasteiger partial charge on any atom is -0.345 e. The van der Waals surface area contributed by atoms with Gasteiger partial charge in [-0.15, -0.1) is 0 Å². The molecule has 82 valence electrons. The van der Waals surface area contributed by atoms with E-state index in [1.165, 1.54) is 25.7 Å². The number of carbonyl (C=O) groups is 1. The normalized spacial score (nSPS) is 19.8. The molecule has 0 saturated carbocycles. The van der Waals surface area contributed by atoms with Crippen molar-refractivity contribution >= 4 is 6.41 Å². The first-order valence-electron chi connectivity index (χ1n) is 5.85. The van der Waals surface area contributed by atoms with E-state index in [0.29, 0.717) is 5.41 Å². The Hall–Kier alpha value is -0.530. The first-order chi connectivity index (χ1) is 6.66. The van der Waals surface area contributed by atoms with Crippen molar-refractivity contribution in [3.63, 3.8) is 0 Å². The number of hydrogen-bond donors (Lipinski definition) is 0.